The van der Waals surface area contributed by atoms with Gasteiger partial charge < -0.3 is 10.2 Å². The first-order valence-electron chi connectivity index (χ1n) is 9.49. The fourth-order valence-electron chi connectivity index (χ4n) is 3.64. The van der Waals surface area contributed by atoms with E-state index >= 15 is 0 Å². The lowest BCUT2D eigenvalue weighted by atomic mass is 9.98. The zero-order chi connectivity index (χ0) is 18.8. The van der Waals surface area contributed by atoms with E-state index in [1.165, 1.54) is 0 Å². The monoisotopic (exact) mass is 367 g/mol. The summed E-state index contributed by atoms with van der Waals surface area (Å²) in [6.45, 7) is 4.45. The number of nitrogens with zero attached hydrogens (tertiary/aromatic N) is 6. The standard InChI is InChI=1S/C19H25N7O/c1-3-18(27)20-9-14-5-4-8-25(11-14)19-17-6-7-21-26(17)13-16(23-19)15-10-22-24(2)12-15/h6-7,10,12-14H,3-5,8-9,11H2,1-2H3,(H,20,27). The first kappa shape index (κ1) is 17.5. The summed E-state index contributed by atoms with van der Waals surface area (Å²) in [4.78, 5) is 18.9. The fourth-order valence-corrected chi connectivity index (χ4v) is 3.64. The first-order valence-corrected chi connectivity index (χ1v) is 9.49. The van der Waals surface area contributed by atoms with Crippen LogP contribution in [0, 0.1) is 5.92 Å². The molecule has 8 nitrogen and oxygen atoms in total. The fraction of sp³-hybridized carbons (Fsp3) is 0.474. The molecule has 8 heteroatoms. The largest absolute Gasteiger partial charge is 0.356 e. The van der Waals surface area contributed by atoms with Crippen molar-refractivity contribution in [1.29, 1.82) is 0 Å². The molecular formula is C19H25N7O. The summed E-state index contributed by atoms with van der Waals surface area (Å²) < 4.78 is 3.66. The third kappa shape index (κ3) is 3.65. The van der Waals surface area contributed by atoms with E-state index in [9.17, 15) is 4.79 Å². The van der Waals surface area contributed by atoms with Crippen molar-refractivity contribution < 1.29 is 4.79 Å². The highest BCUT2D eigenvalue weighted by atomic mass is 16.1. The molecule has 27 heavy (non-hydrogen) atoms. The molecule has 1 amide bonds. The van der Waals surface area contributed by atoms with Crippen molar-refractivity contribution in [2.45, 2.75) is 26.2 Å². The minimum Gasteiger partial charge on any atom is -0.356 e. The highest BCUT2D eigenvalue weighted by Gasteiger charge is 2.24. The van der Waals surface area contributed by atoms with Gasteiger partial charge in [0, 0.05) is 44.9 Å². The summed E-state index contributed by atoms with van der Waals surface area (Å²) in [5.74, 6) is 1.49. The zero-order valence-corrected chi connectivity index (χ0v) is 15.8. The van der Waals surface area contributed by atoms with Crippen molar-refractivity contribution in [3.8, 4) is 11.3 Å². The Morgan fingerprint density at radius 2 is 2.22 bits per heavy atom. The van der Waals surface area contributed by atoms with Crippen molar-refractivity contribution in [1.82, 2.24) is 29.7 Å². The Morgan fingerprint density at radius 1 is 1.33 bits per heavy atom. The van der Waals surface area contributed by atoms with Crippen LogP contribution in [0.5, 0.6) is 0 Å². The third-order valence-corrected chi connectivity index (χ3v) is 5.10. The number of fused-ring (bicyclic) bond motifs is 1. The van der Waals surface area contributed by atoms with E-state index < -0.39 is 0 Å². The van der Waals surface area contributed by atoms with Gasteiger partial charge in [0.15, 0.2) is 5.82 Å². The second kappa shape index (κ2) is 7.38. The van der Waals surface area contributed by atoms with Gasteiger partial charge >= 0.3 is 0 Å². The van der Waals surface area contributed by atoms with Gasteiger partial charge in [-0.15, -0.1) is 0 Å². The molecule has 0 saturated carbocycles. The Labute approximate surface area is 158 Å². The van der Waals surface area contributed by atoms with E-state index in [2.05, 4.69) is 20.4 Å². The van der Waals surface area contributed by atoms with Crippen LogP contribution in [-0.2, 0) is 11.8 Å². The number of rotatable bonds is 5. The summed E-state index contributed by atoms with van der Waals surface area (Å²) in [7, 11) is 1.90. The third-order valence-electron chi connectivity index (χ3n) is 5.10. The molecule has 1 aliphatic heterocycles. The molecule has 0 aromatic carbocycles. The molecule has 142 valence electrons. The van der Waals surface area contributed by atoms with Crippen molar-refractivity contribution in [2.75, 3.05) is 24.5 Å². The lowest BCUT2D eigenvalue weighted by Crippen LogP contribution is -2.41. The van der Waals surface area contributed by atoms with Gasteiger partial charge in [0.2, 0.25) is 5.91 Å². The maximum atomic E-state index is 11.6. The maximum Gasteiger partial charge on any atom is 0.219 e. The minimum absolute atomic E-state index is 0.113. The number of carbonyl (C=O) groups excluding carboxylic acids is 1. The Hall–Kier alpha value is -2.90. The van der Waals surface area contributed by atoms with Gasteiger partial charge in [-0.25, -0.2) is 9.50 Å². The second-order valence-corrected chi connectivity index (χ2v) is 7.13. The van der Waals surface area contributed by atoms with Crippen LogP contribution in [0.25, 0.3) is 16.8 Å². The lowest BCUT2D eigenvalue weighted by Gasteiger charge is -2.34. The van der Waals surface area contributed by atoms with Crippen molar-refractivity contribution >= 4 is 17.2 Å². The average Bonchev–Trinajstić information content (AvgIpc) is 3.34. The Morgan fingerprint density at radius 3 is 3.00 bits per heavy atom. The van der Waals surface area contributed by atoms with E-state index in [1.54, 1.807) is 10.9 Å². The topological polar surface area (TPSA) is 80.4 Å². The molecular weight excluding hydrogens is 342 g/mol. The van der Waals surface area contributed by atoms with E-state index in [1.807, 2.05) is 43.1 Å². The smallest absolute Gasteiger partial charge is 0.219 e. The SMILES string of the molecule is CCC(=O)NCC1CCCN(c2nc(-c3cnn(C)c3)cn3nccc23)C1. The predicted molar refractivity (Wildman–Crippen MR) is 103 cm³/mol. The number of piperidine rings is 1. The molecule has 1 unspecified atom stereocenters. The average molecular weight is 367 g/mol. The molecule has 1 atom stereocenters. The molecule has 0 bridgehead atoms. The van der Waals surface area contributed by atoms with Crippen molar-refractivity contribution in [2.24, 2.45) is 13.0 Å². The zero-order valence-electron chi connectivity index (χ0n) is 15.8. The maximum absolute atomic E-state index is 11.6. The molecule has 1 fully saturated rings. The van der Waals surface area contributed by atoms with E-state index in [4.69, 9.17) is 4.98 Å². The molecule has 1 saturated heterocycles. The summed E-state index contributed by atoms with van der Waals surface area (Å²) in [6.07, 6.45) is 10.3. The number of hydrogen-bond acceptors (Lipinski definition) is 5. The first-order chi connectivity index (χ1) is 13.1. The van der Waals surface area contributed by atoms with Gasteiger partial charge in [-0.2, -0.15) is 10.2 Å². The number of amides is 1. The van der Waals surface area contributed by atoms with Gasteiger partial charge in [-0.05, 0) is 24.8 Å². The van der Waals surface area contributed by atoms with Crippen LogP contribution in [-0.4, -0.2) is 49.9 Å². The van der Waals surface area contributed by atoms with Crippen LogP contribution in [0.3, 0.4) is 0 Å². The number of aryl methyl sites for hydroxylation is 1. The molecule has 1 aliphatic rings. The van der Waals surface area contributed by atoms with Crippen LogP contribution in [0.15, 0.2) is 30.9 Å². The van der Waals surface area contributed by atoms with Crippen molar-refractivity contribution in [3.63, 3.8) is 0 Å². The van der Waals surface area contributed by atoms with Gasteiger partial charge in [0.1, 0.15) is 5.52 Å². The molecule has 3 aromatic heterocycles. The van der Waals surface area contributed by atoms with Crippen LogP contribution >= 0.6 is 0 Å². The number of hydrogen-bond donors (Lipinski definition) is 1. The van der Waals surface area contributed by atoms with Crippen LogP contribution < -0.4 is 10.2 Å². The summed E-state index contributed by atoms with van der Waals surface area (Å²) in [6, 6.07) is 2.00. The quantitative estimate of drug-likeness (QED) is 0.745. The van der Waals surface area contributed by atoms with Gasteiger partial charge in [0.25, 0.3) is 0 Å². The molecule has 3 aromatic rings. The van der Waals surface area contributed by atoms with E-state index in [-0.39, 0.29) is 5.91 Å². The normalized spacial score (nSPS) is 17.4. The molecule has 0 radical (unpaired) electrons. The summed E-state index contributed by atoms with van der Waals surface area (Å²) in [5, 5.41) is 11.7. The summed E-state index contributed by atoms with van der Waals surface area (Å²) in [5.41, 5.74) is 2.83. The second-order valence-electron chi connectivity index (χ2n) is 7.13. The van der Waals surface area contributed by atoms with Crippen LogP contribution in [0.2, 0.25) is 0 Å². The van der Waals surface area contributed by atoms with E-state index in [0.29, 0.717) is 12.3 Å². The Bertz CT molecular complexity index is 945. The van der Waals surface area contributed by atoms with Crippen LogP contribution in [0.4, 0.5) is 5.82 Å². The highest BCUT2D eigenvalue weighted by Crippen LogP contribution is 2.28. The Balaban J connectivity index is 1.62. The molecule has 4 rings (SSSR count). The van der Waals surface area contributed by atoms with E-state index in [0.717, 1.165) is 55.1 Å². The predicted octanol–water partition coefficient (Wildman–Crippen LogP) is 1.87. The number of anilines is 1. The molecule has 1 N–H and O–H groups in total. The number of nitrogens with one attached hydrogen (secondary N) is 1. The van der Waals surface area contributed by atoms with Gasteiger partial charge in [-0.1, -0.05) is 6.92 Å². The number of aromatic nitrogens is 5. The summed E-state index contributed by atoms with van der Waals surface area (Å²) >= 11 is 0. The molecule has 0 spiro atoms. The molecule has 4 heterocycles. The molecule has 0 aliphatic carbocycles. The highest BCUT2D eigenvalue weighted by molar-refractivity contribution is 5.75. The minimum atomic E-state index is 0.113. The Kier molecular flexibility index (Phi) is 4.79. The van der Waals surface area contributed by atoms with Crippen molar-refractivity contribution in [3.05, 3.63) is 30.9 Å². The van der Waals surface area contributed by atoms with Crippen LogP contribution in [0.1, 0.15) is 26.2 Å². The van der Waals surface area contributed by atoms with Gasteiger partial charge in [-0.3, -0.25) is 9.48 Å². The van der Waals surface area contributed by atoms with Gasteiger partial charge in [0.05, 0.1) is 24.3 Å². The lowest BCUT2D eigenvalue weighted by molar-refractivity contribution is -0.120. The number of carbonyl (C=O) groups is 1.